The van der Waals surface area contributed by atoms with Crippen LogP contribution >= 0.6 is 0 Å². The number of carbonyl (C=O) groups excluding carboxylic acids is 1. The van der Waals surface area contributed by atoms with E-state index in [0.717, 1.165) is 16.7 Å². The number of amides is 1. The first kappa shape index (κ1) is 18.8. The van der Waals surface area contributed by atoms with Crippen LogP contribution in [0.2, 0.25) is 0 Å². The first-order valence-electron chi connectivity index (χ1n) is 9.38. The molecule has 1 aliphatic carbocycles. The van der Waals surface area contributed by atoms with Gasteiger partial charge in [-0.1, -0.05) is 24.3 Å². The zero-order valence-corrected chi connectivity index (χ0v) is 16.1. The molecule has 5 nitrogen and oxygen atoms in total. The van der Waals surface area contributed by atoms with Crippen LogP contribution in [-0.4, -0.2) is 15.7 Å². The molecule has 1 unspecified atom stereocenters. The van der Waals surface area contributed by atoms with Crippen LogP contribution in [0, 0.1) is 12.7 Å². The highest BCUT2D eigenvalue weighted by molar-refractivity contribution is 5.93. The fourth-order valence-corrected chi connectivity index (χ4v) is 3.44. The minimum absolute atomic E-state index is 0.342. The number of aromatic nitrogens is 2. The Hall–Kier alpha value is -3.54. The van der Waals surface area contributed by atoms with Gasteiger partial charge in [-0.05, 0) is 67.3 Å². The van der Waals surface area contributed by atoms with E-state index in [9.17, 15) is 14.0 Å². The van der Waals surface area contributed by atoms with Crippen LogP contribution in [0.15, 0.2) is 59.4 Å². The maximum Gasteiger partial charge on any atom is 0.267 e. The van der Waals surface area contributed by atoms with Crippen LogP contribution in [0.4, 0.5) is 10.1 Å². The molecule has 1 amide bonds. The van der Waals surface area contributed by atoms with Crippen molar-refractivity contribution in [2.24, 2.45) is 0 Å². The Kier molecular flexibility index (Phi) is 4.84. The van der Waals surface area contributed by atoms with Gasteiger partial charge >= 0.3 is 0 Å². The highest BCUT2D eigenvalue weighted by Crippen LogP contribution is 2.25. The molecule has 29 heavy (non-hydrogen) atoms. The number of halogens is 1. The summed E-state index contributed by atoms with van der Waals surface area (Å²) >= 11 is 0. The van der Waals surface area contributed by atoms with Gasteiger partial charge in [-0.25, -0.2) is 9.07 Å². The van der Waals surface area contributed by atoms with E-state index in [1.54, 1.807) is 26.0 Å². The molecule has 0 aliphatic heterocycles. The zero-order valence-electron chi connectivity index (χ0n) is 16.1. The standard InChI is InChI=1S/C23H20FN3O2/c1-14-10-19(24)13-20(11-14)25-23(29)15(2)27-22(28)9-8-21(26-27)18-7-6-16-4-3-5-17(16)12-18/h3-4,6-13,15H,5H2,1-2H3,(H,25,29). The number of aryl methyl sites for hydroxylation is 1. The second-order valence-corrected chi connectivity index (χ2v) is 7.20. The number of hydrogen-bond donors (Lipinski definition) is 1. The Labute approximate surface area is 167 Å². The highest BCUT2D eigenvalue weighted by Gasteiger charge is 2.19. The lowest BCUT2D eigenvalue weighted by Gasteiger charge is -2.15. The van der Waals surface area contributed by atoms with Crippen molar-refractivity contribution in [3.05, 3.63) is 87.5 Å². The van der Waals surface area contributed by atoms with E-state index < -0.39 is 17.8 Å². The molecule has 4 rings (SSSR count). The van der Waals surface area contributed by atoms with Crippen molar-refractivity contribution in [3.8, 4) is 11.3 Å². The molecule has 0 fully saturated rings. The van der Waals surface area contributed by atoms with Crippen LogP contribution in [0.3, 0.4) is 0 Å². The van der Waals surface area contributed by atoms with Crippen molar-refractivity contribution < 1.29 is 9.18 Å². The van der Waals surface area contributed by atoms with E-state index in [0.29, 0.717) is 16.9 Å². The maximum absolute atomic E-state index is 13.6. The smallest absolute Gasteiger partial charge is 0.267 e. The summed E-state index contributed by atoms with van der Waals surface area (Å²) < 4.78 is 14.7. The van der Waals surface area contributed by atoms with Crippen molar-refractivity contribution in [1.82, 2.24) is 9.78 Å². The molecule has 0 bridgehead atoms. The molecule has 0 saturated heterocycles. The number of benzene rings is 2. The summed E-state index contributed by atoms with van der Waals surface area (Å²) in [5, 5.41) is 7.07. The van der Waals surface area contributed by atoms with Crippen LogP contribution < -0.4 is 10.9 Å². The quantitative estimate of drug-likeness (QED) is 0.730. The summed E-state index contributed by atoms with van der Waals surface area (Å²) in [6, 6.07) is 12.5. The normalized spacial score (nSPS) is 13.2. The number of fused-ring (bicyclic) bond motifs is 1. The Morgan fingerprint density at radius 1 is 1.17 bits per heavy atom. The second-order valence-electron chi connectivity index (χ2n) is 7.20. The van der Waals surface area contributed by atoms with E-state index in [1.165, 1.54) is 29.3 Å². The Balaban J connectivity index is 1.61. The molecule has 1 atom stereocenters. The highest BCUT2D eigenvalue weighted by atomic mass is 19.1. The van der Waals surface area contributed by atoms with Crippen LogP contribution in [0.25, 0.3) is 17.3 Å². The lowest BCUT2D eigenvalue weighted by Crippen LogP contribution is -2.33. The van der Waals surface area contributed by atoms with Gasteiger partial charge in [0.2, 0.25) is 5.91 Å². The van der Waals surface area contributed by atoms with Gasteiger partial charge in [0.25, 0.3) is 5.56 Å². The number of anilines is 1. The molecule has 1 aliphatic rings. The lowest BCUT2D eigenvalue weighted by atomic mass is 10.0. The Morgan fingerprint density at radius 3 is 2.79 bits per heavy atom. The summed E-state index contributed by atoms with van der Waals surface area (Å²) in [4.78, 5) is 25.0. The molecule has 1 aromatic heterocycles. The van der Waals surface area contributed by atoms with E-state index in [2.05, 4.69) is 22.6 Å². The summed E-state index contributed by atoms with van der Waals surface area (Å²) in [5.41, 5.74) is 4.53. The van der Waals surface area contributed by atoms with Gasteiger partial charge in [-0.2, -0.15) is 5.10 Å². The third-order valence-corrected chi connectivity index (χ3v) is 4.95. The first-order chi connectivity index (χ1) is 13.9. The number of carbonyl (C=O) groups is 1. The van der Waals surface area contributed by atoms with Gasteiger partial charge in [0.15, 0.2) is 0 Å². The number of nitrogens with one attached hydrogen (secondary N) is 1. The van der Waals surface area contributed by atoms with Gasteiger partial charge in [-0.15, -0.1) is 0 Å². The molecule has 1 N–H and O–H groups in total. The summed E-state index contributed by atoms with van der Waals surface area (Å²) in [7, 11) is 0. The minimum atomic E-state index is -0.859. The van der Waals surface area contributed by atoms with Gasteiger partial charge in [0.05, 0.1) is 5.69 Å². The molecule has 0 radical (unpaired) electrons. The molecular weight excluding hydrogens is 369 g/mol. The predicted octanol–water partition coefficient (Wildman–Crippen LogP) is 4.13. The van der Waals surface area contributed by atoms with Crippen molar-refractivity contribution >= 4 is 17.7 Å². The molecule has 0 spiro atoms. The molecule has 3 aromatic rings. The van der Waals surface area contributed by atoms with Gasteiger partial charge < -0.3 is 5.32 Å². The Bertz CT molecular complexity index is 1180. The van der Waals surface area contributed by atoms with Crippen LogP contribution in [0.5, 0.6) is 0 Å². The number of hydrogen-bond acceptors (Lipinski definition) is 3. The van der Waals surface area contributed by atoms with Crippen molar-refractivity contribution in [1.29, 1.82) is 0 Å². The molecule has 2 aromatic carbocycles. The van der Waals surface area contributed by atoms with E-state index in [-0.39, 0.29) is 5.56 Å². The summed E-state index contributed by atoms with van der Waals surface area (Å²) in [5.74, 6) is -0.878. The monoisotopic (exact) mass is 389 g/mol. The minimum Gasteiger partial charge on any atom is -0.324 e. The van der Waals surface area contributed by atoms with Crippen LogP contribution in [0.1, 0.15) is 29.7 Å². The first-order valence-corrected chi connectivity index (χ1v) is 9.38. The SMILES string of the molecule is Cc1cc(F)cc(NC(=O)C(C)n2nc(-c3ccc4c(c3)CC=C4)ccc2=O)c1. The summed E-state index contributed by atoms with van der Waals surface area (Å²) in [6.07, 6.45) is 5.05. The second kappa shape index (κ2) is 7.47. The maximum atomic E-state index is 13.6. The zero-order chi connectivity index (χ0) is 20.5. The van der Waals surface area contributed by atoms with Crippen LogP contribution in [-0.2, 0) is 11.2 Å². The average molecular weight is 389 g/mol. The fraction of sp³-hybridized carbons (Fsp3) is 0.174. The molecular formula is C23H20FN3O2. The third-order valence-electron chi connectivity index (χ3n) is 4.95. The largest absolute Gasteiger partial charge is 0.324 e. The average Bonchev–Trinajstić information content (AvgIpc) is 3.14. The lowest BCUT2D eigenvalue weighted by molar-refractivity contribution is -0.119. The number of nitrogens with zero attached hydrogens (tertiary/aromatic N) is 2. The van der Waals surface area contributed by atoms with Crippen molar-refractivity contribution in [3.63, 3.8) is 0 Å². The molecule has 6 heteroatoms. The van der Waals surface area contributed by atoms with Gasteiger partial charge in [0, 0.05) is 17.3 Å². The van der Waals surface area contributed by atoms with E-state index in [4.69, 9.17) is 0 Å². The van der Waals surface area contributed by atoms with Gasteiger partial charge in [0.1, 0.15) is 11.9 Å². The predicted molar refractivity (Wildman–Crippen MR) is 111 cm³/mol. The topological polar surface area (TPSA) is 64.0 Å². The van der Waals surface area contributed by atoms with Crippen molar-refractivity contribution in [2.45, 2.75) is 26.3 Å². The summed E-state index contributed by atoms with van der Waals surface area (Å²) in [6.45, 7) is 3.33. The van der Waals surface area contributed by atoms with E-state index in [1.807, 2.05) is 18.2 Å². The number of allylic oxidation sites excluding steroid dienone is 1. The molecule has 146 valence electrons. The number of rotatable bonds is 4. The molecule has 1 heterocycles. The third kappa shape index (κ3) is 3.87. The van der Waals surface area contributed by atoms with E-state index >= 15 is 0 Å². The fourth-order valence-electron chi connectivity index (χ4n) is 3.44. The Morgan fingerprint density at radius 2 is 2.00 bits per heavy atom. The van der Waals surface area contributed by atoms with Gasteiger partial charge in [-0.3, -0.25) is 9.59 Å². The molecule has 0 saturated carbocycles. The van der Waals surface area contributed by atoms with Crippen molar-refractivity contribution in [2.75, 3.05) is 5.32 Å².